The smallest absolute Gasteiger partial charge is 0.274 e. The number of carbonyl (C=O) groups is 1. The van der Waals surface area contributed by atoms with Crippen LogP contribution >= 0.6 is 15.9 Å². The number of hydrogen-bond acceptors (Lipinski definition) is 3. The van der Waals surface area contributed by atoms with E-state index in [9.17, 15) is 4.79 Å². The zero-order valence-electron chi connectivity index (χ0n) is 12.6. The van der Waals surface area contributed by atoms with Crippen molar-refractivity contribution in [3.8, 4) is 0 Å². The Morgan fingerprint density at radius 2 is 2.05 bits per heavy atom. The van der Waals surface area contributed by atoms with Crippen molar-refractivity contribution in [2.45, 2.75) is 26.2 Å². The lowest BCUT2D eigenvalue weighted by molar-refractivity contribution is 0.102. The normalized spacial score (nSPS) is 10.3. The van der Waals surface area contributed by atoms with Gasteiger partial charge in [-0.25, -0.2) is 0 Å². The van der Waals surface area contributed by atoms with Gasteiger partial charge >= 0.3 is 0 Å². The van der Waals surface area contributed by atoms with Crippen molar-refractivity contribution in [2.75, 3.05) is 17.2 Å². The highest BCUT2D eigenvalue weighted by Crippen LogP contribution is 2.17. The molecule has 0 aliphatic carbocycles. The Kier molecular flexibility index (Phi) is 6.40. The number of halogens is 1. The molecule has 0 saturated carbocycles. The molecule has 0 atom stereocenters. The van der Waals surface area contributed by atoms with E-state index >= 15 is 0 Å². The fourth-order valence-electron chi connectivity index (χ4n) is 2.03. The number of unbranched alkanes of at least 4 members (excludes halogenated alkanes) is 2. The van der Waals surface area contributed by atoms with E-state index in [1.54, 1.807) is 12.3 Å². The predicted octanol–water partition coefficient (Wildman–Crippen LogP) is 4.70. The molecule has 0 aliphatic rings. The Morgan fingerprint density at radius 3 is 2.82 bits per heavy atom. The van der Waals surface area contributed by atoms with Gasteiger partial charge in [0.05, 0.1) is 0 Å². The second-order valence-electron chi connectivity index (χ2n) is 5.03. The Labute approximate surface area is 139 Å². The molecule has 2 N–H and O–H groups in total. The number of benzene rings is 1. The van der Waals surface area contributed by atoms with Crippen molar-refractivity contribution < 1.29 is 4.79 Å². The molecule has 0 saturated heterocycles. The van der Waals surface area contributed by atoms with E-state index in [-0.39, 0.29) is 5.91 Å². The summed E-state index contributed by atoms with van der Waals surface area (Å²) in [6, 6.07) is 11.1. The summed E-state index contributed by atoms with van der Waals surface area (Å²) in [7, 11) is 0. The van der Waals surface area contributed by atoms with E-state index in [0.717, 1.165) is 28.8 Å². The monoisotopic (exact) mass is 361 g/mol. The average Bonchev–Trinajstić information content (AvgIpc) is 2.52. The Bertz CT molecular complexity index is 631. The fourth-order valence-corrected chi connectivity index (χ4v) is 2.43. The third-order valence-electron chi connectivity index (χ3n) is 3.18. The van der Waals surface area contributed by atoms with Crippen LogP contribution in [0.5, 0.6) is 0 Å². The molecule has 0 spiro atoms. The molecule has 1 aromatic carbocycles. The highest BCUT2D eigenvalue weighted by molar-refractivity contribution is 9.10. The van der Waals surface area contributed by atoms with Gasteiger partial charge in [-0.05, 0) is 36.8 Å². The molecule has 0 fully saturated rings. The van der Waals surface area contributed by atoms with Crippen LogP contribution in [-0.2, 0) is 0 Å². The van der Waals surface area contributed by atoms with Gasteiger partial charge in [0.2, 0.25) is 0 Å². The zero-order chi connectivity index (χ0) is 15.8. The molecule has 4 nitrogen and oxygen atoms in total. The lowest BCUT2D eigenvalue weighted by Gasteiger charge is -2.08. The topological polar surface area (TPSA) is 54.0 Å². The molecule has 1 aromatic heterocycles. The molecule has 116 valence electrons. The summed E-state index contributed by atoms with van der Waals surface area (Å²) in [5.41, 5.74) is 2.06. The van der Waals surface area contributed by atoms with Crippen molar-refractivity contribution in [2.24, 2.45) is 0 Å². The van der Waals surface area contributed by atoms with Gasteiger partial charge in [0.15, 0.2) is 0 Å². The van der Waals surface area contributed by atoms with Crippen LogP contribution < -0.4 is 10.6 Å². The number of rotatable bonds is 7. The third-order valence-corrected chi connectivity index (χ3v) is 3.68. The zero-order valence-corrected chi connectivity index (χ0v) is 14.2. The molecule has 0 aliphatic heterocycles. The molecule has 5 heteroatoms. The molecule has 1 amide bonds. The van der Waals surface area contributed by atoms with Crippen molar-refractivity contribution in [1.29, 1.82) is 0 Å². The van der Waals surface area contributed by atoms with Gasteiger partial charge in [0.1, 0.15) is 5.69 Å². The number of amides is 1. The summed E-state index contributed by atoms with van der Waals surface area (Å²) < 4.78 is 0.921. The standard InChI is InChI=1S/C17H20BrN3O/c1-2-3-4-9-19-14-8-10-20-16(12-14)17(22)21-15-7-5-6-13(18)11-15/h5-8,10-12H,2-4,9H2,1H3,(H,19,20)(H,21,22). The van der Waals surface area contributed by atoms with Crippen molar-refractivity contribution in [3.05, 3.63) is 52.8 Å². The number of anilines is 2. The van der Waals surface area contributed by atoms with Crippen LogP contribution in [0.4, 0.5) is 11.4 Å². The van der Waals surface area contributed by atoms with Gasteiger partial charge in [0.25, 0.3) is 5.91 Å². The lowest BCUT2D eigenvalue weighted by Crippen LogP contribution is -2.14. The molecule has 22 heavy (non-hydrogen) atoms. The first-order valence-electron chi connectivity index (χ1n) is 7.46. The quantitative estimate of drug-likeness (QED) is 0.702. The maximum absolute atomic E-state index is 12.2. The Morgan fingerprint density at radius 1 is 1.18 bits per heavy atom. The summed E-state index contributed by atoms with van der Waals surface area (Å²) in [5.74, 6) is -0.213. The summed E-state index contributed by atoms with van der Waals surface area (Å²) >= 11 is 3.38. The van der Waals surface area contributed by atoms with Gasteiger partial charge < -0.3 is 10.6 Å². The number of aromatic nitrogens is 1. The van der Waals surface area contributed by atoms with Crippen LogP contribution in [0, 0.1) is 0 Å². The van der Waals surface area contributed by atoms with Crippen LogP contribution in [0.25, 0.3) is 0 Å². The largest absolute Gasteiger partial charge is 0.385 e. The molecule has 2 rings (SSSR count). The predicted molar refractivity (Wildman–Crippen MR) is 94.3 cm³/mol. The maximum atomic E-state index is 12.2. The fraction of sp³-hybridized carbons (Fsp3) is 0.294. The number of pyridine rings is 1. The van der Waals surface area contributed by atoms with Gasteiger partial charge in [0, 0.05) is 28.6 Å². The van der Waals surface area contributed by atoms with Crippen LogP contribution in [-0.4, -0.2) is 17.4 Å². The summed E-state index contributed by atoms with van der Waals surface area (Å²) in [6.07, 6.45) is 5.17. The van der Waals surface area contributed by atoms with Gasteiger partial charge in [-0.3, -0.25) is 9.78 Å². The Balaban J connectivity index is 1.97. The average molecular weight is 362 g/mol. The first kappa shape index (κ1) is 16.5. The molecule has 2 aromatic rings. The van der Waals surface area contributed by atoms with E-state index in [1.807, 2.05) is 30.3 Å². The van der Waals surface area contributed by atoms with Crippen molar-refractivity contribution in [3.63, 3.8) is 0 Å². The lowest BCUT2D eigenvalue weighted by atomic mass is 10.2. The summed E-state index contributed by atoms with van der Waals surface area (Å²) in [6.45, 7) is 3.08. The first-order chi connectivity index (χ1) is 10.7. The SMILES string of the molecule is CCCCCNc1ccnc(C(=O)Nc2cccc(Br)c2)c1. The summed E-state index contributed by atoms with van der Waals surface area (Å²) in [5, 5.41) is 6.16. The molecular weight excluding hydrogens is 342 g/mol. The maximum Gasteiger partial charge on any atom is 0.274 e. The molecule has 0 bridgehead atoms. The van der Waals surface area contributed by atoms with Crippen LogP contribution in [0.3, 0.4) is 0 Å². The highest BCUT2D eigenvalue weighted by atomic mass is 79.9. The first-order valence-corrected chi connectivity index (χ1v) is 8.25. The summed E-state index contributed by atoms with van der Waals surface area (Å²) in [4.78, 5) is 16.4. The van der Waals surface area contributed by atoms with Gasteiger partial charge in [-0.1, -0.05) is 41.8 Å². The number of carbonyl (C=O) groups excluding carboxylic acids is 1. The van der Waals surface area contributed by atoms with Crippen molar-refractivity contribution >= 4 is 33.2 Å². The van der Waals surface area contributed by atoms with E-state index in [4.69, 9.17) is 0 Å². The minimum absolute atomic E-state index is 0.213. The van der Waals surface area contributed by atoms with Gasteiger partial charge in [-0.15, -0.1) is 0 Å². The number of nitrogens with one attached hydrogen (secondary N) is 2. The van der Waals surface area contributed by atoms with E-state index < -0.39 is 0 Å². The number of hydrogen-bond donors (Lipinski definition) is 2. The highest BCUT2D eigenvalue weighted by Gasteiger charge is 2.08. The van der Waals surface area contributed by atoms with E-state index in [1.165, 1.54) is 12.8 Å². The minimum atomic E-state index is -0.213. The second kappa shape index (κ2) is 8.54. The Hall–Kier alpha value is -1.88. The van der Waals surface area contributed by atoms with Crippen LogP contribution in [0.2, 0.25) is 0 Å². The molecule has 1 heterocycles. The second-order valence-corrected chi connectivity index (χ2v) is 5.94. The van der Waals surface area contributed by atoms with E-state index in [2.05, 4.69) is 38.5 Å². The number of nitrogens with zero attached hydrogens (tertiary/aromatic N) is 1. The van der Waals surface area contributed by atoms with E-state index in [0.29, 0.717) is 5.69 Å². The molecular formula is C17H20BrN3O. The molecule has 0 unspecified atom stereocenters. The van der Waals surface area contributed by atoms with Crippen molar-refractivity contribution in [1.82, 2.24) is 4.98 Å². The van der Waals surface area contributed by atoms with Gasteiger partial charge in [-0.2, -0.15) is 0 Å². The minimum Gasteiger partial charge on any atom is -0.385 e. The van der Waals surface area contributed by atoms with Crippen LogP contribution in [0.15, 0.2) is 47.1 Å². The van der Waals surface area contributed by atoms with Crippen LogP contribution in [0.1, 0.15) is 36.7 Å². The third kappa shape index (κ3) is 5.15. The molecule has 0 radical (unpaired) electrons.